The standard InChI is InChI=1S/C25H33N5O3/c1-33-25(32)24(20-4-8-23(31)9-5-20)30-12-10-22(11-13-30)29-16-14-28(15-17-29)21-6-2-19(3-7-21)18-27-26/h2-9,18,22,24,31H,10-17,26H2,1H3. The Morgan fingerprint density at radius 3 is 2.24 bits per heavy atom. The first-order valence-corrected chi connectivity index (χ1v) is 11.5. The summed E-state index contributed by atoms with van der Waals surface area (Å²) in [7, 11) is 1.43. The molecule has 8 heteroatoms. The number of esters is 1. The van der Waals surface area contributed by atoms with Crippen LogP contribution < -0.4 is 10.7 Å². The van der Waals surface area contributed by atoms with Crippen LogP contribution in [-0.4, -0.2) is 79.5 Å². The number of benzene rings is 2. The molecule has 4 rings (SSSR count). The summed E-state index contributed by atoms with van der Waals surface area (Å²) in [6.45, 7) is 5.77. The number of anilines is 1. The van der Waals surface area contributed by atoms with Crippen LogP contribution in [0, 0.1) is 0 Å². The van der Waals surface area contributed by atoms with Crippen molar-refractivity contribution in [3.05, 3.63) is 59.7 Å². The van der Waals surface area contributed by atoms with Crippen molar-refractivity contribution in [2.75, 3.05) is 51.3 Å². The zero-order valence-electron chi connectivity index (χ0n) is 19.1. The third kappa shape index (κ3) is 5.46. The predicted octanol–water partition coefficient (Wildman–Crippen LogP) is 2.19. The van der Waals surface area contributed by atoms with Crippen LogP contribution >= 0.6 is 0 Å². The maximum atomic E-state index is 12.6. The van der Waals surface area contributed by atoms with Gasteiger partial charge in [-0.05, 0) is 48.2 Å². The average molecular weight is 452 g/mol. The third-order valence-corrected chi connectivity index (χ3v) is 6.81. The molecule has 2 heterocycles. The molecule has 2 aliphatic rings. The molecule has 0 bridgehead atoms. The van der Waals surface area contributed by atoms with Crippen LogP contribution in [-0.2, 0) is 9.53 Å². The normalized spacial score (nSPS) is 19.6. The van der Waals surface area contributed by atoms with E-state index in [1.54, 1.807) is 30.5 Å². The summed E-state index contributed by atoms with van der Waals surface area (Å²) >= 11 is 0. The van der Waals surface area contributed by atoms with E-state index in [0.717, 1.165) is 63.2 Å². The number of phenols is 1. The van der Waals surface area contributed by atoms with Gasteiger partial charge in [0, 0.05) is 51.0 Å². The number of piperazine rings is 1. The fourth-order valence-electron chi connectivity index (χ4n) is 4.98. The van der Waals surface area contributed by atoms with Gasteiger partial charge in [-0.25, -0.2) is 4.79 Å². The van der Waals surface area contributed by atoms with Gasteiger partial charge in [-0.1, -0.05) is 24.3 Å². The Balaban J connectivity index is 1.31. The van der Waals surface area contributed by atoms with Crippen LogP contribution in [0.25, 0.3) is 0 Å². The van der Waals surface area contributed by atoms with Gasteiger partial charge in [0.1, 0.15) is 11.8 Å². The number of piperidine rings is 1. The molecule has 2 saturated heterocycles. The van der Waals surface area contributed by atoms with E-state index in [2.05, 4.69) is 31.9 Å². The molecule has 2 aromatic carbocycles. The summed E-state index contributed by atoms with van der Waals surface area (Å²) in [6, 6.07) is 15.3. The van der Waals surface area contributed by atoms with Gasteiger partial charge in [0.15, 0.2) is 0 Å². The van der Waals surface area contributed by atoms with Crippen LogP contribution in [0.5, 0.6) is 5.75 Å². The minimum absolute atomic E-state index is 0.195. The quantitative estimate of drug-likeness (QED) is 0.301. The summed E-state index contributed by atoms with van der Waals surface area (Å²) in [5.74, 6) is 5.17. The molecule has 2 aromatic rings. The Kier molecular flexibility index (Phi) is 7.47. The second kappa shape index (κ2) is 10.7. The number of likely N-dealkylation sites (tertiary alicyclic amines) is 1. The van der Waals surface area contributed by atoms with Crippen molar-refractivity contribution in [1.29, 1.82) is 0 Å². The SMILES string of the molecule is COC(=O)C(c1ccc(O)cc1)N1CCC(N2CCN(c3ccc(C=NN)cc3)CC2)CC1. The van der Waals surface area contributed by atoms with Gasteiger partial charge in [0.2, 0.25) is 0 Å². The number of phenolic OH excluding ortho intramolecular Hbond substituents is 1. The number of methoxy groups -OCH3 is 1. The van der Waals surface area contributed by atoms with Crippen molar-refractivity contribution in [3.63, 3.8) is 0 Å². The van der Waals surface area contributed by atoms with Gasteiger partial charge in [-0.2, -0.15) is 5.10 Å². The molecule has 0 aliphatic carbocycles. The molecule has 0 saturated carbocycles. The van der Waals surface area contributed by atoms with Gasteiger partial charge in [-0.3, -0.25) is 9.80 Å². The lowest BCUT2D eigenvalue weighted by atomic mass is 9.97. The minimum Gasteiger partial charge on any atom is -0.508 e. The molecule has 33 heavy (non-hydrogen) atoms. The highest BCUT2D eigenvalue weighted by atomic mass is 16.5. The molecule has 1 atom stereocenters. The lowest BCUT2D eigenvalue weighted by molar-refractivity contribution is -0.148. The third-order valence-electron chi connectivity index (χ3n) is 6.81. The van der Waals surface area contributed by atoms with E-state index in [1.807, 2.05) is 12.1 Å². The van der Waals surface area contributed by atoms with Crippen molar-refractivity contribution in [2.45, 2.75) is 24.9 Å². The lowest BCUT2D eigenvalue weighted by Crippen LogP contribution is -2.54. The Morgan fingerprint density at radius 1 is 1.03 bits per heavy atom. The Bertz CT molecular complexity index is 932. The van der Waals surface area contributed by atoms with Crippen LogP contribution in [0.2, 0.25) is 0 Å². The summed E-state index contributed by atoms with van der Waals surface area (Å²) in [6.07, 6.45) is 3.71. The first-order valence-electron chi connectivity index (χ1n) is 11.5. The van der Waals surface area contributed by atoms with Gasteiger partial charge >= 0.3 is 5.97 Å². The molecule has 176 valence electrons. The molecule has 3 N–H and O–H groups in total. The zero-order valence-corrected chi connectivity index (χ0v) is 19.1. The number of ether oxygens (including phenoxy) is 1. The molecule has 0 spiro atoms. The van der Waals surface area contributed by atoms with Crippen LogP contribution in [0.15, 0.2) is 53.6 Å². The van der Waals surface area contributed by atoms with Crippen molar-refractivity contribution >= 4 is 17.9 Å². The molecular weight excluding hydrogens is 418 g/mol. The number of nitrogens with zero attached hydrogens (tertiary/aromatic N) is 4. The highest BCUT2D eigenvalue weighted by molar-refractivity contribution is 5.80. The molecule has 2 fully saturated rings. The van der Waals surface area contributed by atoms with Gasteiger partial charge in [-0.15, -0.1) is 0 Å². The number of carbonyl (C=O) groups excluding carboxylic acids is 1. The van der Waals surface area contributed by atoms with E-state index in [9.17, 15) is 9.90 Å². The fraction of sp³-hybridized carbons (Fsp3) is 0.440. The Labute approximate surface area is 195 Å². The Hall–Kier alpha value is -3.10. The lowest BCUT2D eigenvalue weighted by Gasteiger charge is -2.44. The van der Waals surface area contributed by atoms with E-state index in [4.69, 9.17) is 10.6 Å². The fourth-order valence-corrected chi connectivity index (χ4v) is 4.98. The molecule has 0 aromatic heterocycles. The van der Waals surface area contributed by atoms with Crippen LogP contribution in [0.4, 0.5) is 5.69 Å². The smallest absolute Gasteiger partial charge is 0.327 e. The number of hydrazone groups is 1. The summed E-state index contributed by atoms with van der Waals surface area (Å²) in [5.41, 5.74) is 3.09. The number of carbonyl (C=O) groups is 1. The highest BCUT2D eigenvalue weighted by Crippen LogP contribution is 2.29. The van der Waals surface area contributed by atoms with Gasteiger partial charge < -0.3 is 20.6 Å². The predicted molar refractivity (Wildman–Crippen MR) is 129 cm³/mol. The van der Waals surface area contributed by atoms with Gasteiger partial charge in [0.05, 0.1) is 13.3 Å². The van der Waals surface area contributed by atoms with Crippen LogP contribution in [0.3, 0.4) is 0 Å². The molecular formula is C25H33N5O3. The molecule has 0 amide bonds. The average Bonchev–Trinajstić information content (AvgIpc) is 2.86. The summed E-state index contributed by atoms with van der Waals surface area (Å²) < 4.78 is 5.10. The van der Waals surface area contributed by atoms with Crippen molar-refractivity contribution in [3.8, 4) is 5.75 Å². The minimum atomic E-state index is -0.430. The summed E-state index contributed by atoms with van der Waals surface area (Å²) in [5, 5.41) is 13.2. The number of aromatic hydroxyl groups is 1. The van der Waals surface area contributed by atoms with E-state index >= 15 is 0 Å². The van der Waals surface area contributed by atoms with Gasteiger partial charge in [0.25, 0.3) is 0 Å². The highest BCUT2D eigenvalue weighted by Gasteiger charge is 2.34. The first kappa shape index (κ1) is 23.1. The van der Waals surface area contributed by atoms with Crippen molar-refractivity contribution in [1.82, 2.24) is 9.80 Å². The molecule has 1 unspecified atom stereocenters. The monoisotopic (exact) mass is 451 g/mol. The van der Waals surface area contributed by atoms with Crippen molar-refractivity contribution in [2.24, 2.45) is 10.9 Å². The number of hydrogen-bond donors (Lipinski definition) is 2. The van der Waals surface area contributed by atoms with E-state index < -0.39 is 6.04 Å². The van der Waals surface area contributed by atoms with Crippen LogP contribution in [0.1, 0.15) is 30.0 Å². The molecule has 8 nitrogen and oxygen atoms in total. The van der Waals surface area contributed by atoms with E-state index in [1.165, 1.54) is 12.8 Å². The van der Waals surface area contributed by atoms with Crippen molar-refractivity contribution < 1.29 is 14.6 Å². The second-order valence-electron chi connectivity index (χ2n) is 8.68. The number of rotatable bonds is 6. The van der Waals surface area contributed by atoms with E-state index in [-0.39, 0.29) is 11.7 Å². The first-order chi connectivity index (χ1) is 16.1. The summed E-state index contributed by atoms with van der Waals surface area (Å²) in [4.78, 5) is 19.8. The largest absolute Gasteiger partial charge is 0.508 e. The zero-order chi connectivity index (χ0) is 23.2. The second-order valence-corrected chi connectivity index (χ2v) is 8.68. The molecule has 2 aliphatic heterocycles. The Morgan fingerprint density at radius 2 is 1.67 bits per heavy atom. The number of hydrogen-bond acceptors (Lipinski definition) is 8. The number of nitrogens with two attached hydrogens (primary N) is 1. The topological polar surface area (TPSA) is 94.6 Å². The maximum Gasteiger partial charge on any atom is 0.327 e. The maximum absolute atomic E-state index is 12.6. The van der Waals surface area contributed by atoms with E-state index in [0.29, 0.717) is 6.04 Å². The molecule has 0 radical (unpaired) electrons.